The lowest BCUT2D eigenvalue weighted by atomic mass is 10.1. The number of hydrogen-bond acceptors (Lipinski definition) is 4. The molecule has 1 heterocycles. The van der Waals surface area contributed by atoms with Gasteiger partial charge in [0.2, 0.25) is 0 Å². The first-order valence-corrected chi connectivity index (χ1v) is 5.79. The Morgan fingerprint density at radius 2 is 1.79 bits per heavy atom. The van der Waals surface area contributed by atoms with Crippen LogP contribution >= 0.6 is 0 Å². The van der Waals surface area contributed by atoms with Crippen molar-refractivity contribution in [2.45, 2.75) is 6.92 Å². The van der Waals surface area contributed by atoms with E-state index < -0.39 is 11.6 Å². The Hall–Kier alpha value is -2.62. The van der Waals surface area contributed by atoms with Crippen LogP contribution in [0.25, 0.3) is 21.7 Å². The molecule has 0 saturated carbocycles. The average molecular weight is 254 g/mol. The molecule has 0 fully saturated rings. The SMILES string of the molecule is CC(=O)Oc1ccc2c(c1)oc(=O)c1ccccc12. The third-order valence-electron chi connectivity index (χ3n) is 2.85. The summed E-state index contributed by atoms with van der Waals surface area (Å²) in [6.45, 7) is 1.32. The topological polar surface area (TPSA) is 56.5 Å². The molecule has 4 nitrogen and oxygen atoms in total. The molecule has 94 valence electrons. The van der Waals surface area contributed by atoms with E-state index in [4.69, 9.17) is 9.15 Å². The molecule has 0 aliphatic carbocycles. The molecule has 0 bridgehead atoms. The molecule has 2 aromatic carbocycles. The number of esters is 1. The fourth-order valence-corrected chi connectivity index (χ4v) is 2.09. The van der Waals surface area contributed by atoms with Crippen LogP contribution in [0.3, 0.4) is 0 Å². The molecule has 0 N–H and O–H groups in total. The van der Waals surface area contributed by atoms with Crippen molar-refractivity contribution in [2.75, 3.05) is 0 Å². The first kappa shape index (κ1) is 11.5. The molecule has 0 radical (unpaired) electrons. The lowest BCUT2D eigenvalue weighted by Gasteiger charge is -2.04. The van der Waals surface area contributed by atoms with Crippen molar-refractivity contribution in [3.63, 3.8) is 0 Å². The molecule has 0 aliphatic heterocycles. The lowest BCUT2D eigenvalue weighted by Crippen LogP contribution is -2.02. The van der Waals surface area contributed by atoms with Gasteiger partial charge in [-0.25, -0.2) is 4.79 Å². The maximum absolute atomic E-state index is 11.9. The second-order valence-electron chi connectivity index (χ2n) is 4.19. The van der Waals surface area contributed by atoms with Gasteiger partial charge in [0, 0.05) is 18.4 Å². The standard InChI is InChI=1S/C15H10O4/c1-9(16)18-10-6-7-12-11-4-2-3-5-13(11)15(17)19-14(12)8-10/h2-8H,1H3. The van der Waals surface area contributed by atoms with Crippen molar-refractivity contribution < 1.29 is 13.9 Å². The van der Waals surface area contributed by atoms with Gasteiger partial charge < -0.3 is 9.15 Å². The number of rotatable bonds is 1. The van der Waals surface area contributed by atoms with Crippen molar-refractivity contribution in [2.24, 2.45) is 0 Å². The lowest BCUT2D eigenvalue weighted by molar-refractivity contribution is -0.131. The van der Waals surface area contributed by atoms with Crippen LogP contribution in [0.5, 0.6) is 5.75 Å². The minimum atomic E-state index is -0.414. The first-order chi connectivity index (χ1) is 9.15. The predicted molar refractivity (Wildman–Crippen MR) is 71.3 cm³/mol. The minimum absolute atomic E-state index is 0.360. The Kier molecular flexibility index (Phi) is 2.56. The van der Waals surface area contributed by atoms with Crippen LogP contribution in [-0.2, 0) is 4.79 Å². The van der Waals surface area contributed by atoms with E-state index in [9.17, 15) is 9.59 Å². The first-order valence-electron chi connectivity index (χ1n) is 5.79. The zero-order valence-electron chi connectivity index (χ0n) is 10.2. The quantitative estimate of drug-likeness (QED) is 0.290. The number of carbonyl (C=O) groups is 1. The molecule has 3 rings (SSSR count). The molecule has 19 heavy (non-hydrogen) atoms. The van der Waals surface area contributed by atoms with E-state index in [0.717, 1.165) is 10.8 Å². The van der Waals surface area contributed by atoms with Gasteiger partial charge in [-0.3, -0.25) is 4.79 Å². The van der Waals surface area contributed by atoms with Crippen LogP contribution in [0.1, 0.15) is 6.92 Å². The van der Waals surface area contributed by atoms with Crippen LogP contribution in [0.4, 0.5) is 0 Å². The van der Waals surface area contributed by atoms with Gasteiger partial charge in [0.25, 0.3) is 0 Å². The number of carbonyl (C=O) groups excluding carboxylic acids is 1. The summed E-state index contributed by atoms with van der Waals surface area (Å²) in [6, 6.07) is 12.2. The number of fused-ring (bicyclic) bond motifs is 3. The highest BCUT2D eigenvalue weighted by Gasteiger charge is 2.08. The molecular weight excluding hydrogens is 244 g/mol. The molecule has 0 spiro atoms. The van der Waals surface area contributed by atoms with E-state index >= 15 is 0 Å². The third-order valence-corrected chi connectivity index (χ3v) is 2.85. The van der Waals surface area contributed by atoms with E-state index in [1.807, 2.05) is 12.1 Å². The average Bonchev–Trinajstić information content (AvgIpc) is 2.38. The summed E-state index contributed by atoms with van der Waals surface area (Å²) in [6.07, 6.45) is 0. The number of ether oxygens (including phenoxy) is 1. The molecular formula is C15H10O4. The van der Waals surface area contributed by atoms with E-state index in [2.05, 4.69) is 0 Å². The fraction of sp³-hybridized carbons (Fsp3) is 0.0667. The smallest absolute Gasteiger partial charge is 0.344 e. The molecule has 0 aliphatic rings. The minimum Gasteiger partial charge on any atom is -0.427 e. The van der Waals surface area contributed by atoms with Gasteiger partial charge in [0.05, 0.1) is 5.39 Å². The van der Waals surface area contributed by atoms with Gasteiger partial charge in [-0.05, 0) is 23.6 Å². The van der Waals surface area contributed by atoms with Crippen molar-refractivity contribution >= 4 is 27.7 Å². The number of benzene rings is 2. The van der Waals surface area contributed by atoms with E-state index in [0.29, 0.717) is 16.7 Å². The molecule has 0 unspecified atom stereocenters. The van der Waals surface area contributed by atoms with Crippen LogP contribution < -0.4 is 10.4 Å². The van der Waals surface area contributed by atoms with Crippen molar-refractivity contribution in [3.8, 4) is 5.75 Å². The van der Waals surface area contributed by atoms with E-state index in [1.165, 1.54) is 6.92 Å². The summed E-state index contributed by atoms with van der Waals surface area (Å²) < 4.78 is 10.2. The van der Waals surface area contributed by atoms with Gasteiger partial charge in [0.1, 0.15) is 11.3 Å². The molecule has 3 aromatic rings. The Morgan fingerprint density at radius 3 is 2.53 bits per heavy atom. The molecule has 0 saturated heterocycles. The van der Waals surface area contributed by atoms with Crippen LogP contribution in [0.15, 0.2) is 51.7 Å². The summed E-state index contributed by atoms with van der Waals surface area (Å²) >= 11 is 0. The van der Waals surface area contributed by atoms with Gasteiger partial charge in [-0.15, -0.1) is 0 Å². The van der Waals surface area contributed by atoms with Gasteiger partial charge in [-0.1, -0.05) is 18.2 Å². The van der Waals surface area contributed by atoms with Crippen molar-refractivity contribution in [1.82, 2.24) is 0 Å². The van der Waals surface area contributed by atoms with Gasteiger partial charge in [-0.2, -0.15) is 0 Å². The van der Waals surface area contributed by atoms with Crippen LogP contribution in [0.2, 0.25) is 0 Å². The van der Waals surface area contributed by atoms with Gasteiger partial charge >= 0.3 is 11.6 Å². The normalized spacial score (nSPS) is 10.8. The molecule has 0 atom stereocenters. The second kappa shape index (κ2) is 4.24. The van der Waals surface area contributed by atoms with Gasteiger partial charge in [0.15, 0.2) is 0 Å². The molecule has 1 aromatic heterocycles. The fourth-order valence-electron chi connectivity index (χ4n) is 2.09. The Balaban J connectivity index is 2.34. The van der Waals surface area contributed by atoms with Crippen LogP contribution in [-0.4, -0.2) is 5.97 Å². The monoisotopic (exact) mass is 254 g/mol. The molecule has 4 heteroatoms. The highest BCUT2D eigenvalue weighted by atomic mass is 16.5. The summed E-state index contributed by atoms with van der Waals surface area (Å²) in [5.74, 6) is -0.0547. The van der Waals surface area contributed by atoms with Crippen molar-refractivity contribution in [1.29, 1.82) is 0 Å². The highest BCUT2D eigenvalue weighted by molar-refractivity contribution is 6.04. The summed E-state index contributed by atoms with van der Waals surface area (Å²) in [5.41, 5.74) is 0.00512. The second-order valence-corrected chi connectivity index (χ2v) is 4.19. The van der Waals surface area contributed by atoms with E-state index in [-0.39, 0.29) is 0 Å². The zero-order valence-corrected chi connectivity index (χ0v) is 10.2. The largest absolute Gasteiger partial charge is 0.427 e. The number of hydrogen-bond donors (Lipinski definition) is 0. The van der Waals surface area contributed by atoms with E-state index in [1.54, 1.807) is 30.3 Å². The maximum atomic E-state index is 11.9. The van der Waals surface area contributed by atoms with Crippen LogP contribution in [0, 0.1) is 0 Å². The predicted octanol–water partition coefficient (Wildman–Crippen LogP) is 2.87. The summed E-state index contributed by atoms with van der Waals surface area (Å²) in [4.78, 5) is 22.8. The highest BCUT2D eigenvalue weighted by Crippen LogP contribution is 2.26. The molecule has 0 amide bonds. The van der Waals surface area contributed by atoms with Crippen molar-refractivity contribution in [3.05, 3.63) is 52.9 Å². The Morgan fingerprint density at radius 1 is 1.05 bits per heavy atom. The summed E-state index contributed by atoms with van der Waals surface area (Å²) in [7, 11) is 0. The maximum Gasteiger partial charge on any atom is 0.344 e. The Labute approximate surface area is 108 Å². The summed E-state index contributed by atoms with van der Waals surface area (Å²) in [5, 5.41) is 2.17. The third kappa shape index (κ3) is 1.97. The zero-order chi connectivity index (χ0) is 13.4. The Bertz CT molecular complexity index is 846.